The van der Waals surface area contributed by atoms with Gasteiger partial charge in [0.05, 0.1) is 11.4 Å². The lowest BCUT2D eigenvalue weighted by atomic mass is 10.0. The van der Waals surface area contributed by atoms with Crippen LogP contribution < -0.4 is 5.32 Å². The highest BCUT2D eigenvalue weighted by Crippen LogP contribution is 2.24. The van der Waals surface area contributed by atoms with E-state index in [2.05, 4.69) is 15.3 Å². The summed E-state index contributed by atoms with van der Waals surface area (Å²) >= 11 is 0. The molecule has 3 aromatic rings. The number of pyridine rings is 2. The Morgan fingerprint density at radius 1 is 0.826 bits per heavy atom. The van der Waals surface area contributed by atoms with Crippen LogP contribution in [0.4, 0.5) is 0 Å². The van der Waals surface area contributed by atoms with Crippen LogP contribution in [0.15, 0.2) is 79.1 Å². The number of hydrogen-bond acceptors (Lipinski definition) is 4. The van der Waals surface area contributed by atoms with Crippen molar-refractivity contribution in [2.75, 3.05) is 0 Å². The van der Waals surface area contributed by atoms with Crippen molar-refractivity contribution < 1.29 is 9.90 Å². The summed E-state index contributed by atoms with van der Waals surface area (Å²) in [5.41, 5.74) is -0.779. The third-order valence-electron chi connectivity index (χ3n) is 3.40. The lowest BCUT2D eigenvalue weighted by Gasteiger charge is -2.28. The molecule has 2 N–H and O–H groups in total. The van der Waals surface area contributed by atoms with Crippen molar-refractivity contribution in [3.05, 3.63) is 96.1 Å². The standard InChI is InChI=1S/C18H15N3O2/c22-17(14-8-2-1-3-9-14)21-18(23,15-10-4-6-12-19-15)16-11-5-7-13-20-16/h1-13,23H,(H,21,22). The summed E-state index contributed by atoms with van der Waals surface area (Å²) in [5.74, 6) is -0.413. The van der Waals surface area contributed by atoms with Crippen LogP contribution in [0.3, 0.4) is 0 Å². The number of amides is 1. The number of hydrogen-bond donors (Lipinski definition) is 2. The van der Waals surface area contributed by atoms with Crippen molar-refractivity contribution in [2.45, 2.75) is 5.72 Å². The van der Waals surface area contributed by atoms with E-state index in [4.69, 9.17) is 0 Å². The molecule has 3 rings (SSSR count). The maximum absolute atomic E-state index is 12.5. The smallest absolute Gasteiger partial charge is 0.254 e. The minimum atomic E-state index is -1.81. The molecule has 0 fully saturated rings. The molecule has 2 aromatic heterocycles. The van der Waals surface area contributed by atoms with Gasteiger partial charge in [-0.25, -0.2) is 0 Å². The number of nitrogens with zero attached hydrogens (tertiary/aromatic N) is 2. The van der Waals surface area contributed by atoms with Gasteiger partial charge in [-0.15, -0.1) is 0 Å². The molecule has 0 spiro atoms. The largest absolute Gasteiger partial charge is 0.361 e. The number of benzene rings is 1. The first kappa shape index (κ1) is 14.9. The molecular formula is C18H15N3O2. The molecule has 0 atom stereocenters. The van der Waals surface area contributed by atoms with E-state index in [1.165, 1.54) is 0 Å². The Labute approximate surface area is 133 Å². The van der Waals surface area contributed by atoms with Gasteiger partial charge in [0.25, 0.3) is 5.91 Å². The van der Waals surface area contributed by atoms with E-state index in [-0.39, 0.29) is 0 Å². The van der Waals surface area contributed by atoms with Gasteiger partial charge in [0.1, 0.15) is 0 Å². The molecule has 0 unspecified atom stereocenters. The normalized spacial score (nSPS) is 11.0. The molecule has 1 amide bonds. The van der Waals surface area contributed by atoms with Crippen molar-refractivity contribution >= 4 is 5.91 Å². The predicted octanol–water partition coefficient (Wildman–Crippen LogP) is 2.10. The molecule has 2 heterocycles. The summed E-state index contributed by atoms with van der Waals surface area (Å²) < 4.78 is 0. The first-order valence-corrected chi connectivity index (χ1v) is 7.13. The number of aromatic nitrogens is 2. The summed E-state index contributed by atoms with van der Waals surface area (Å²) in [4.78, 5) is 20.8. The fraction of sp³-hybridized carbons (Fsp3) is 0.0556. The first-order chi connectivity index (χ1) is 11.2. The molecule has 5 heteroatoms. The highest BCUT2D eigenvalue weighted by Gasteiger charge is 2.36. The average molecular weight is 305 g/mol. The summed E-state index contributed by atoms with van der Waals surface area (Å²) in [7, 11) is 0. The van der Waals surface area contributed by atoms with Gasteiger partial charge in [-0.05, 0) is 36.4 Å². The minimum absolute atomic E-state index is 0.294. The number of nitrogens with one attached hydrogen (secondary N) is 1. The zero-order valence-electron chi connectivity index (χ0n) is 12.3. The molecule has 1 aromatic carbocycles. The summed E-state index contributed by atoms with van der Waals surface area (Å²) in [6, 6.07) is 18.9. The van der Waals surface area contributed by atoms with Crippen LogP contribution in [0.5, 0.6) is 0 Å². The Balaban J connectivity index is 2.01. The summed E-state index contributed by atoms with van der Waals surface area (Å²) in [5, 5.41) is 13.8. The molecule has 0 radical (unpaired) electrons. The maximum atomic E-state index is 12.5. The number of rotatable bonds is 4. The van der Waals surface area contributed by atoms with Gasteiger partial charge < -0.3 is 10.4 Å². The summed E-state index contributed by atoms with van der Waals surface area (Å²) in [6.07, 6.45) is 3.11. The van der Waals surface area contributed by atoms with E-state index in [0.717, 1.165) is 0 Å². The van der Waals surface area contributed by atoms with Gasteiger partial charge in [0, 0.05) is 18.0 Å². The molecule has 114 valence electrons. The van der Waals surface area contributed by atoms with E-state index < -0.39 is 11.6 Å². The third kappa shape index (κ3) is 3.09. The summed E-state index contributed by atoms with van der Waals surface area (Å²) in [6.45, 7) is 0. The lowest BCUT2D eigenvalue weighted by Crippen LogP contribution is -2.48. The molecule has 0 saturated heterocycles. The average Bonchev–Trinajstić information content (AvgIpc) is 2.64. The molecular weight excluding hydrogens is 290 g/mol. The van der Waals surface area contributed by atoms with Gasteiger partial charge in [0.15, 0.2) is 0 Å². The van der Waals surface area contributed by atoms with E-state index in [0.29, 0.717) is 17.0 Å². The van der Waals surface area contributed by atoms with Crippen molar-refractivity contribution in [3.8, 4) is 0 Å². The van der Waals surface area contributed by atoms with Crippen LogP contribution in [0.25, 0.3) is 0 Å². The molecule has 0 bridgehead atoms. The predicted molar refractivity (Wildman–Crippen MR) is 85.4 cm³/mol. The second-order valence-electron chi connectivity index (χ2n) is 4.96. The van der Waals surface area contributed by atoms with Crippen LogP contribution in [0.2, 0.25) is 0 Å². The molecule has 0 aliphatic rings. The van der Waals surface area contributed by atoms with Gasteiger partial charge >= 0.3 is 0 Å². The fourth-order valence-corrected chi connectivity index (χ4v) is 2.24. The highest BCUT2D eigenvalue weighted by atomic mass is 16.3. The van der Waals surface area contributed by atoms with Crippen LogP contribution in [0, 0.1) is 0 Å². The molecule has 0 saturated carbocycles. The van der Waals surface area contributed by atoms with Crippen molar-refractivity contribution in [1.29, 1.82) is 0 Å². The van der Waals surface area contributed by atoms with E-state index in [1.807, 2.05) is 6.07 Å². The van der Waals surface area contributed by atoms with E-state index >= 15 is 0 Å². The van der Waals surface area contributed by atoms with Crippen LogP contribution in [0.1, 0.15) is 21.7 Å². The van der Waals surface area contributed by atoms with Crippen molar-refractivity contribution in [3.63, 3.8) is 0 Å². The number of carbonyl (C=O) groups is 1. The number of carbonyl (C=O) groups excluding carboxylic acids is 1. The van der Waals surface area contributed by atoms with Crippen LogP contribution in [-0.4, -0.2) is 21.0 Å². The third-order valence-corrected chi connectivity index (χ3v) is 3.40. The lowest BCUT2D eigenvalue weighted by molar-refractivity contribution is 0.0305. The zero-order valence-corrected chi connectivity index (χ0v) is 12.3. The van der Waals surface area contributed by atoms with Crippen molar-refractivity contribution in [1.82, 2.24) is 15.3 Å². The Hall–Kier alpha value is -3.05. The van der Waals surface area contributed by atoms with Gasteiger partial charge in [-0.3, -0.25) is 14.8 Å². The molecule has 0 aliphatic heterocycles. The minimum Gasteiger partial charge on any atom is -0.361 e. The Morgan fingerprint density at radius 3 is 1.83 bits per heavy atom. The molecule has 0 aliphatic carbocycles. The zero-order chi connectivity index (χ0) is 16.1. The topological polar surface area (TPSA) is 75.1 Å². The monoisotopic (exact) mass is 305 g/mol. The highest BCUT2D eigenvalue weighted by molar-refractivity contribution is 5.94. The Bertz CT molecular complexity index is 738. The Morgan fingerprint density at radius 2 is 1.35 bits per heavy atom. The quantitative estimate of drug-likeness (QED) is 0.724. The van der Waals surface area contributed by atoms with E-state index in [1.54, 1.807) is 73.1 Å². The van der Waals surface area contributed by atoms with Gasteiger partial charge in [0.2, 0.25) is 5.72 Å². The first-order valence-electron chi connectivity index (χ1n) is 7.13. The molecule has 5 nitrogen and oxygen atoms in total. The number of aliphatic hydroxyl groups is 1. The van der Waals surface area contributed by atoms with E-state index in [9.17, 15) is 9.90 Å². The molecule has 23 heavy (non-hydrogen) atoms. The van der Waals surface area contributed by atoms with Crippen LogP contribution >= 0.6 is 0 Å². The van der Waals surface area contributed by atoms with Crippen LogP contribution in [-0.2, 0) is 5.72 Å². The second kappa shape index (κ2) is 6.37. The fourth-order valence-electron chi connectivity index (χ4n) is 2.24. The Kier molecular flexibility index (Phi) is 4.12. The van der Waals surface area contributed by atoms with Crippen molar-refractivity contribution in [2.24, 2.45) is 0 Å². The van der Waals surface area contributed by atoms with Gasteiger partial charge in [-0.1, -0.05) is 30.3 Å². The second-order valence-corrected chi connectivity index (χ2v) is 4.96. The maximum Gasteiger partial charge on any atom is 0.254 e. The van der Waals surface area contributed by atoms with Gasteiger partial charge in [-0.2, -0.15) is 0 Å². The SMILES string of the molecule is O=C(NC(O)(c1ccccn1)c1ccccn1)c1ccccc1.